The summed E-state index contributed by atoms with van der Waals surface area (Å²) in [5.41, 5.74) is 7.96. The van der Waals surface area contributed by atoms with Gasteiger partial charge in [-0.2, -0.15) is 0 Å². The van der Waals surface area contributed by atoms with Crippen LogP contribution in [0.1, 0.15) is 42.6 Å². The van der Waals surface area contributed by atoms with Crippen molar-refractivity contribution in [2.45, 2.75) is 33.1 Å². The number of rotatable bonds is 9. The molecule has 2 aromatic rings. The zero-order valence-corrected chi connectivity index (χ0v) is 18.5. The average Bonchev–Trinajstić information content (AvgIpc) is 2.77. The van der Waals surface area contributed by atoms with Crippen LogP contribution in [0.15, 0.2) is 48.5 Å². The molecular weight excluding hydrogens is 390 g/mol. The molecule has 6 heteroatoms. The number of ether oxygens (including phenoxy) is 1. The molecule has 3 N–H and O–H groups in total. The van der Waals surface area contributed by atoms with E-state index in [4.69, 9.17) is 10.5 Å². The molecule has 0 unspecified atom stereocenters. The number of nitrogens with two attached hydrogens (primary N) is 1. The number of amides is 2. The van der Waals surface area contributed by atoms with Crippen molar-refractivity contribution in [3.63, 3.8) is 0 Å². The van der Waals surface area contributed by atoms with Gasteiger partial charge >= 0.3 is 0 Å². The van der Waals surface area contributed by atoms with Crippen molar-refractivity contribution in [2.75, 3.05) is 31.6 Å². The number of benzene rings is 2. The van der Waals surface area contributed by atoms with Crippen molar-refractivity contribution in [2.24, 2.45) is 17.6 Å². The van der Waals surface area contributed by atoms with Crippen LogP contribution in [0.2, 0.25) is 0 Å². The van der Waals surface area contributed by atoms with Crippen LogP contribution in [-0.4, -0.2) is 43.0 Å². The van der Waals surface area contributed by atoms with Gasteiger partial charge in [-0.25, -0.2) is 0 Å². The van der Waals surface area contributed by atoms with E-state index in [9.17, 15) is 9.59 Å². The fourth-order valence-electron chi connectivity index (χ4n) is 3.68. The number of carbonyl (C=O) groups is 2. The highest BCUT2D eigenvalue weighted by atomic mass is 16.5. The first-order chi connectivity index (χ1) is 14.9. The molecule has 3 rings (SSSR count). The molecule has 0 saturated carbocycles. The standard InChI is InChI=1S/C25H33N3O3/c1-18(2)17-31-23-5-3-4-21(16-23)25(30)27-22-8-6-19(7-9-22)10-13-28-14-11-20(12-15-28)24(26)29/h3-9,16,18,20H,10-15,17H2,1-2H3,(H2,26,29)(H,27,30). The van der Waals surface area contributed by atoms with Crippen molar-refractivity contribution in [3.05, 3.63) is 59.7 Å². The van der Waals surface area contributed by atoms with E-state index in [-0.39, 0.29) is 17.7 Å². The normalized spacial score (nSPS) is 15.1. The summed E-state index contributed by atoms with van der Waals surface area (Å²) in [6, 6.07) is 15.2. The van der Waals surface area contributed by atoms with Gasteiger partial charge < -0.3 is 20.7 Å². The number of likely N-dealkylation sites (tertiary alicyclic amines) is 1. The van der Waals surface area contributed by atoms with Gasteiger partial charge in [0.2, 0.25) is 5.91 Å². The third kappa shape index (κ3) is 7.10. The Balaban J connectivity index is 1.47. The first kappa shape index (κ1) is 22.8. The Morgan fingerprint density at radius 2 is 1.84 bits per heavy atom. The Bertz CT molecular complexity index is 872. The second kappa shape index (κ2) is 11.0. The first-order valence-electron chi connectivity index (χ1n) is 11.1. The molecule has 0 bridgehead atoms. The van der Waals surface area contributed by atoms with E-state index in [0.29, 0.717) is 23.8 Å². The zero-order chi connectivity index (χ0) is 22.2. The van der Waals surface area contributed by atoms with E-state index in [1.54, 1.807) is 12.1 Å². The molecule has 0 atom stereocenters. The monoisotopic (exact) mass is 423 g/mol. The lowest BCUT2D eigenvalue weighted by Gasteiger charge is -2.30. The van der Waals surface area contributed by atoms with E-state index in [0.717, 1.165) is 44.6 Å². The highest BCUT2D eigenvalue weighted by Crippen LogP contribution is 2.19. The molecule has 0 spiro atoms. The average molecular weight is 424 g/mol. The molecule has 1 aliphatic rings. The predicted octanol–water partition coefficient (Wildman–Crippen LogP) is 3.71. The molecule has 166 valence electrons. The van der Waals surface area contributed by atoms with Gasteiger partial charge in [0.25, 0.3) is 5.91 Å². The van der Waals surface area contributed by atoms with Gasteiger partial charge in [-0.05, 0) is 74.2 Å². The minimum atomic E-state index is -0.174. The molecule has 1 heterocycles. The summed E-state index contributed by atoms with van der Waals surface area (Å²) < 4.78 is 5.71. The molecule has 1 fully saturated rings. The molecule has 0 aliphatic carbocycles. The molecule has 0 aromatic heterocycles. The quantitative estimate of drug-likeness (QED) is 0.644. The number of carbonyl (C=O) groups excluding carboxylic acids is 2. The second-order valence-corrected chi connectivity index (χ2v) is 8.65. The molecule has 6 nitrogen and oxygen atoms in total. The Morgan fingerprint density at radius 1 is 1.13 bits per heavy atom. The molecule has 2 amide bonds. The molecule has 0 radical (unpaired) electrons. The summed E-state index contributed by atoms with van der Waals surface area (Å²) in [7, 11) is 0. The Labute approximate surface area is 184 Å². The smallest absolute Gasteiger partial charge is 0.255 e. The number of piperidine rings is 1. The third-order valence-corrected chi connectivity index (χ3v) is 5.60. The summed E-state index contributed by atoms with van der Waals surface area (Å²) in [5, 5.41) is 2.95. The van der Waals surface area contributed by atoms with Crippen LogP contribution in [0.5, 0.6) is 5.75 Å². The number of hydrogen-bond acceptors (Lipinski definition) is 4. The largest absolute Gasteiger partial charge is 0.493 e. The predicted molar refractivity (Wildman–Crippen MR) is 123 cm³/mol. The van der Waals surface area contributed by atoms with Crippen molar-refractivity contribution in [1.29, 1.82) is 0 Å². The second-order valence-electron chi connectivity index (χ2n) is 8.65. The topological polar surface area (TPSA) is 84.7 Å². The summed E-state index contributed by atoms with van der Waals surface area (Å²) >= 11 is 0. The number of anilines is 1. The highest BCUT2D eigenvalue weighted by molar-refractivity contribution is 6.04. The third-order valence-electron chi connectivity index (χ3n) is 5.60. The SMILES string of the molecule is CC(C)COc1cccc(C(=O)Nc2ccc(CCN3CCC(C(N)=O)CC3)cc2)c1. The maximum Gasteiger partial charge on any atom is 0.255 e. The van der Waals surface area contributed by atoms with E-state index >= 15 is 0 Å². The first-order valence-corrected chi connectivity index (χ1v) is 11.1. The fourth-order valence-corrected chi connectivity index (χ4v) is 3.68. The summed E-state index contributed by atoms with van der Waals surface area (Å²) in [6.45, 7) is 7.59. The highest BCUT2D eigenvalue weighted by Gasteiger charge is 2.22. The molecule has 2 aromatic carbocycles. The maximum absolute atomic E-state index is 12.6. The summed E-state index contributed by atoms with van der Waals surface area (Å²) in [4.78, 5) is 26.2. The number of nitrogens with one attached hydrogen (secondary N) is 1. The van der Waals surface area contributed by atoms with Gasteiger partial charge in [0, 0.05) is 23.7 Å². The number of hydrogen-bond donors (Lipinski definition) is 2. The van der Waals surface area contributed by atoms with Gasteiger partial charge in [0.1, 0.15) is 5.75 Å². The van der Waals surface area contributed by atoms with Crippen LogP contribution in [-0.2, 0) is 11.2 Å². The minimum Gasteiger partial charge on any atom is -0.493 e. The molecule has 31 heavy (non-hydrogen) atoms. The zero-order valence-electron chi connectivity index (χ0n) is 18.5. The van der Waals surface area contributed by atoms with Crippen LogP contribution in [0.25, 0.3) is 0 Å². The van der Waals surface area contributed by atoms with Gasteiger partial charge in [-0.15, -0.1) is 0 Å². The van der Waals surface area contributed by atoms with Gasteiger partial charge in [0.15, 0.2) is 0 Å². The lowest BCUT2D eigenvalue weighted by molar-refractivity contribution is -0.123. The van der Waals surface area contributed by atoms with Crippen LogP contribution in [0.3, 0.4) is 0 Å². The summed E-state index contributed by atoms with van der Waals surface area (Å²) in [6.07, 6.45) is 2.64. The van der Waals surface area contributed by atoms with Crippen LogP contribution in [0, 0.1) is 11.8 Å². The van der Waals surface area contributed by atoms with Gasteiger partial charge in [-0.1, -0.05) is 32.0 Å². The van der Waals surface area contributed by atoms with Crippen LogP contribution in [0.4, 0.5) is 5.69 Å². The fraction of sp³-hybridized carbons (Fsp3) is 0.440. The van der Waals surface area contributed by atoms with Crippen molar-refractivity contribution >= 4 is 17.5 Å². The summed E-state index contributed by atoms with van der Waals surface area (Å²) in [5.74, 6) is 0.836. The molecular formula is C25H33N3O3. The number of nitrogens with zero attached hydrogens (tertiary/aromatic N) is 1. The molecule has 1 aliphatic heterocycles. The van der Waals surface area contributed by atoms with Gasteiger partial charge in [-0.3, -0.25) is 9.59 Å². The van der Waals surface area contributed by atoms with Crippen LogP contribution >= 0.6 is 0 Å². The van der Waals surface area contributed by atoms with Crippen molar-refractivity contribution in [3.8, 4) is 5.75 Å². The van der Waals surface area contributed by atoms with Gasteiger partial charge in [0.05, 0.1) is 6.61 Å². The molecule has 1 saturated heterocycles. The van der Waals surface area contributed by atoms with E-state index in [2.05, 4.69) is 24.1 Å². The lowest BCUT2D eigenvalue weighted by atomic mass is 9.96. The van der Waals surface area contributed by atoms with Crippen LogP contribution < -0.4 is 15.8 Å². The van der Waals surface area contributed by atoms with E-state index in [1.807, 2.05) is 36.4 Å². The Morgan fingerprint density at radius 3 is 2.48 bits per heavy atom. The van der Waals surface area contributed by atoms with E-state index < -0.39 is 0 Å². The maximum atomic E-state index is 12.6. The Kier molecular flexibility index (Phi) is 8.06. The number of primary amides is 1. The van der Waals surface area contributed by atoms with Crippen molar-refractivity contribution in [1.82, 2.24) is 4.90 Å². The van der Waals surface area contributed by atoms with Crippen molar-refractivity contribution < 1.29 is 14.3 Å². The minimum absolute atomic E-state index is 0.0293. The lowest BCUT2D eigenvalue weighted by Crippen LogP contribution is -2.39. The Hall–Kier alpha value is -2.86. The van der Waals surface area contributed by atoms with E-state index in [1.165, 1.54) is 5.56 Å².